The average molecular weight is 250 g/mol. The van der Waals surface area contributed by atoms with E-state index in [9.17, 15) is 17.6 Å². The van der Waals surface area contributed by atoms with Crippen LogP contribution in [0.3, 0.4) is 0 Å². The van der Waals surface area contributed by atoms with Crippen LogP contribution in [0.5, 0.6) is 0 Å². The van der Waals surface area contributed by atoms with Crippen molar-refractivity contribution >= 4 is 15.7 Å². The van der Waals surface area contributed by atoms with Crippen LogP contribution in [0.1, 0.15) is 12.8 Å². The van der Waals surface area contributed by atoms with E-state index in [0.717, 1.165) is 12.3 Å². The fourth-order valence-corrected chi connectivity index (χ4v) is 1.98. The summed E-state index contributed by atoms with van der Waals surface area (Å²) in [6.07, 6.45) is 2.53. The molecule has 0 aromatic heterocycles. The summed E-state index contributed by atoms with van der Waals surface area (Å²) in [6, 6.07) is -0.761. The average Bonchev–Trinajstić information content (AvgIpc) is 2.50. The quantitative estimate of drug-likeness (QED) is 0.716. The summed E-state index contributed by atoms with van der Waals surface area (Å²) in [6.45, 7) is 0.592. The second kappa shape index (κ2) is 4.92. The molecule has 1 heterocycles. The van der Waals surface area contributed by atoms with Gasteiger partial charge in [0.25, 0.3) is 0 Å². The van der Waals surface area contributed by atoms with Gasteiger partial charge in [-0.2, -0.15) is 4.39 Å². The smallest absolute Gasteiger partial charge is 0.223 e. The molecule has 1 saturated heterocycles. The lowest BCUT2D eigenvalue weighted by molar-refractivity contribution is -0.122. The topological polar surface area (TPSA) is 89.3 Å². The molecule has 0 aromatic rings. The summed E-state index contributed by atoms with van der Waals surface area (Å²) in [5.74, 6) is -0.359. The van der Waals surface area contributed by atoms with Gasteiger partial charge in [-0.05, 0) is 18.9 Å². The summed E-state index contributed by atoms with van der Waals surface area (Å²) in [7, 11) is -3.83. The first-order valence-corrected chi connectivity index (χ1v) is 6.80. The van der Waals surface area contributed by atoms with Gasteiger partial charge < -0.3 is 11.1 Å². The van der Waals surface area contributed by atoms with Crippen LogP contribution in [0, 0.1) is 5.92 Å². The largest absolute Gasteiger partial charge is 0.356 e. The summed E-state index contributed by atoms with van der Waals surface area (Å²) >= 11 is 0. The number of amides is 1. The second-order valence-corrected chi connectivity index (χ2v) is 5.85. The van der Waals surface area contributed by atoms with E-state index >= 15 is 0 Å². The first-order chi connectivity index (χ1) is 7.30. The SMILES string of the molecule is CS(=O)(=O)/C(F)=C/[C@@H](N)CC1CCNC1=O. The number of hydrogen-bond donors (Lipinski definition) is 2. The van der Waals surface area contributed by atoms with Crippen molar-refractivity contribution in [3.05, 3.63) is 11.2 Å². The molecule has 0 aliphatic carbocycles. The zero-order valence-electron chi connectivity index (χ0n) is 8.94. The minimum absolute atomic E-state index is 0.108. The fraction of sp³-hybridized carbons (Fsp3) is 0.667. The van der Waals surface area contributed by atoms with Crippen LogP contribution >= 0.6 is 0 Å². The van der Waals surface area contributed by atoms with E-state index in [1.807, 2.05) is 0 Å². The Kier molecular flexibility index (Phi) is 4.03. The van der Waals surface area contributed by atoms with Gasteiger partial charge in [-0.25, -0.2) is 8.42 Å². The van der Waals surface area contributed by atoms with Crippen molar-refractivity contribution in [2.75, 3.05) is 12.8 Å². The maximum Gasteiger partial charge on any atom is 0.223 e. The molecule has 0 saturated carbocycles. The van der Waals surface area contributed by atoms with Crippen LogP contribution < -0.4 is 11.1 Å². The van der Waals surface area contributed by atoms with E-state index in [1.165, 1.54) is 0 Å². The molecular formula is C9H15FN2O3S. The number of rotatable bonds is 4. The Morgan fingerprint density at radius 3 is 2.81 bits per heavy atom. The number of halogens is 1. The Balaban J connectivity index is 2.59. The summed E-state index contributed by atoms with van der Waals surface area (Å²) in [4.78, 5) is 11.2. The molecule has 3 N–H and O–H groups in total. The number of nitrogens with one attached hydrogen (secondary N) is 1. The van der Waals surface area contributed by atoms with E-state index in [-0.39, 0.29) is 18.2 Å². The minimum Gasteiger partial charge on any atom is -0.356 e. The predicted molar refractivity (Wildman–Crippen MR) is 57.7 cm³/mol. The lowest BCUT2D eigenvalue weighted by atomic mass is 9.99. The highest BCUT2D eigenvalue weighted by Crippen LogP contribution is 2.17. The third-order valence-electron chi connectivity index (χ3n) is 2.42. The summed E-state index contributed by atoms with van der Waals surface area (Å²) < 4.78 is 34.6. The molecule has 2 atom stereocenters. The molecule has 0 spiro atoms. The Labute approximate surface area is 93.8 Å². The van der Waals surface area contributed by atoms with E-state index in [0.29, 0.717) is 13.0 Å². The van der Waals surface area contributed by atoms with Gasteiger partial charge in [0.05, 0.1) is 0 Å². The molecule has 1 aliphatic rings. The number of hydrogen-bond acceptors (Lipinski definition) is 4. The zero-order chi connectivity index (χ0) is 12.3. The minimum atomic E-state index is -3.83. The zero-order valence-corrected chi connectivity index (χ0v) is 9.76. The Bertz CT molecular complexity index is 405. The van der Waals surface area contributed by atoms with Crippen molar-refractivity contribution in [2.24, 2.45) is 11.7 Å². The van der Waals surface area contributed by atoms with E-state index in [2.05, 4.69) is 5.32 Å². The first-order valence-electron chi connectivity index (χ1n) is 4.91. The normalized spacial score (nSPS) is 24.3. The molecule has 1 fully saturated rings. The first kappa shape index (κ1) is 13.1. The molecule has 0 radical (unpaired) electrons. The molecule has 0 aromatic carbocycles. The van der Waals surface area contributed by atoms with E-state index in [1.54, 1.807) is 0 Å². The van der Waals surface area contributed by atoms with Crippen LogP contribution in [-0.4, -0.2) is 33.2 Å². The molecule has 7 heteroatoms. The monoisotopic (exact) mass is 250 g/mol. The van der Waals surface area contributed by atoms with Crippen molar-refractivity contribution in [3.8, 4) is 0 Å². The molecule has 1 amide bonds. The van der Waals surface area contributed by atoms with Gasteiger partial charge >= 0.3 is 0 Å². The molecule has 16 heavy (non-hydrogen) atoms. The van der Waals surface area contributed by atoms with E-state index < -0.39 is 21.0 Å². The maximum atomic E-state index is 13.0. The highest BCUT2D eigenvalue weighted by Gasteiger charge is 2.26. The van der Waals surface area contributed by atoms with Gasteiger partial charge in [0.2, 0.25) is 20.9 Å². The van der Waals surface area contributed by atoms with Crippen molar-refractivity contribution in [3.63, 3.8) is 0 Å². The van der Waals surface area contributed by atoms with Gasteiger partial charge in [0.1, 0.15) is 0 Å². The van der Waals surface area contributed by atoms with Gasteiger partial charge in [0, 0.05) is 24.8 Å². The number of carbonyl (C=O) groups excluding carboxylic acids is 1. The fourth-order valence-electron chi connectivity index (χ4n) is 1.56. The summed E-state index contributed by atoms with van der Waals surface area (Å²) in [5, 5.41) is 1.39. The predicted octanol–water partition coefficient (Wildman–Crippen LogP) is -0.305. The number of nitrogens with two attached hydrogens (primary N) is 1. The lowest BCUT2D eigenvalue weighted by Gasteiger charge is -2.10. The molecule has 92 valence electrons. The lowest BCUT2D eigenvalue weighted by Crippen LogP contribution is -2.27. The Morgan fingerprint density at radius 1 is 1.75 bits per heavy atom. The number of sulfone groups is 1. The molecule has 1 rings (SSSR count). The standard InChI is InChI=1S/C9H15FN2O3S/c1-16(14,15)8(10)5-7(11)4-6-2-3-12-9(6)13/h5-7H,2-4,11H2,1H3,(H,12,13)/b8-5+/t6?,7-/m0/s1. The van der Waals surface area contributed by atoms with E-state index in [4.69, 9.17) is 5.73 Å². The molecule has 5 nitrogen and oxygen atoms in total. The maximum absolute atomic E-state index is 13.0. The number of carbonyl (C=O) groups is 1. The molecule has 1 unspecified atom stereocenters. The Hall–Kier alpha value is -0.950. The highest BCUT2D eigenvalue weighted by atomic mass is 32.2. The van der Waals surface area contributed by atoms with Crippen LogP contribution in [-0.2, 0) is 14.6 Å². The van der Waals surface area contributed by atoms with Crippen LogP contribution in [0.4, 0.5) is 4.39 Å². The second-order valence-electron chi connectivity index (χ2n) is 3.92. The van der Waals surface area contributed by atoms with Crippen molar-refractivity contribution in [1.29, 1.82) is 0 Å². The molecular weight excluding hydrogens is 235 g/mol. The van der Waals surface area contributed by atoms with Gasteiger partial charge in [0.15, 0.2) is 0 Å². The highest BCUT2D eigenvalue weighted by molar-refractivity contribution is 7.94. The summed E-state index contributed by atoms with van der Waals surface area (Å²) in [5.41, 5.74) is 5.55. The van der Waals surface area contributed by atoms with Crippen LogP contribution in [0.2, 0.25) is 0 Å². The molecule has 0 bridgehead atoms. The van der Waals surface area contributed by atoms with Gasteiger partial charge in [-0.15, -0.1) is 0 Å². The molecule has 1 aliphatic heterocycles. The van der Waals surface area contributed by atoms with Crippen LogP contribution in [0.25, 0.3) is 0 Å². The van der Waals surface area contributed by atoms with Crippen LogP contribution in [0.15, 0.2) is 11.2 Å². The van der Waals surface area contributed by atoms with Crippen molar-refractivity contribution < 1.29 is 17.6 Å². The van der Waals surface area contributed by atoms with Gasteiger partial charge in [-0.1, -0.05) is 0 Å². The third-order valence-corrected chi connectivity index (χ3v) is 3.26. The van der Waals surface area contributed by atoms with Gasteiger partial charge in [-0.3, -0.25) is 4.79 Å². The Morgan fingerprint density at radius 2 is 2.38 bits per heavy atom. The third kappa shape index (κ3) is 3.57. The van der Waals surface area contributed by atoms with Crippen molar-refractivity contribution in [1.82, 2.24) is 5.32 Å². The van der Waals surface area contributed by atoms with Crippen molar-refractivity contribution in [2.45, 2.75) is 18.9 Å².